The Bertz CT molecular complexity index is 532. The number of hydrogen-bond acceptors (Lipinski definition) is 6. The van der Waals surface area contributed by atoms with Gasteiger partial charge >= 0.3 is 5.97 Å². The highest BCUT2D eigenvalue weighted by atomic mass is 32.2. The van der Waals surface area contributed by atoms with Crippen LogP contribution in [-0.2, 0) is 19.6 Å². The van der Waals surface area contributed by atoms with Gasteiger partial charge in [0.15, 0.2) is 0 Å². The van der Waals surface area contributed by atoms with Crippen molar-refractivity contribution in [3.05, 3.63) is 0 Å². The maximum Gasteiger partial charge on any atom is 0.309 e. The lowest BCUT2D eigenvalue weighted by molar-refractivity contribution is -0.160. The number of carbonyl (C=O) groups excluding carboxylic acids is 1. The molecular weight excluding hydrogens is 308 g/mol. The maximum atomic E-state index is 12.0. The summed E-state index contributed by atoms with van der Waals surface area (Å²) in [7, 11) is -3.57. The van der Waals surface area contributed by atoms with Crippen molar-refractivity contribution in [2.24, 2.45) is 5.92 Å². The summed E-state index contributed by atoms with van der Waals surface area (Å²) in [5.41, 5.74) is -0.614. The Hall–Kier alpha value is -1.17. The molecule has 22 heavy (non-hydrogen) atoms. The molecular formula is C14H24N2O5S. The van der Waals surface area contributed by atoms with Crippen LogP contribution in [-0.4, -0.2) is 43.0 Å². The van der Waals surface area contributed by atoms with E-state index in [0.717, 1.165) is 0 Å². The topological polar surface area (TPSA) is 116 Å². The van der Waals surface area contributed by atoms with Gasteiger partial charge in [-0.2, -0.15) is 5.26 Å². The number of ether oxygens (including phenoxy) is 1. The number of nitriles is 1. The third kappa shape index (κ3) is 6.30. The summed E-state index contributed by atoms with van der Waals surface area (Å²) in [4.78, 5) is 12.0. The van der Waals surface area contributed by atoms with Gasteiger partial charge in [-0.05, 0) is 40.0 Å². The largest absolute Gasteiger partial charge is 0.460 e. The molecule has 0 aromatic rings. The molecule has 0 heterocycles. The summed E-state index contributed by atoms with van der Waals surface area (Å²) >= 11 is 0. The van der Waals surface area contributed by atoms with Crippen LogP contribution in [0.3, 0.4) is 0 Å². The zero-order chi connectivity index (χ0) is 17.0. The zero-order valence-corrected chi connectivity index (χ0v) is 14.0. The van der Waals surface area contributed by atoms with Crippen LogP contribution >= 0.6 is 0 Å². The van der Waals surface area contributed by atoms with Crippen molar-refractivity contribution in [2.75, 3.05) is 5.75 Å². The molecule has 8 heteroatoms. The first-order valence-corrected chi connectivity index (χ1v) is 8.97. The van der Waals surface area contributed by atoms with Crippen molar-refractivity contribution in [3.63, 3.8) is 0 Å². The number of aliphatic hydroxyl groups excluding tert-OH is 1. The number of aliphatic hydroxyl groups is 1. The molecule has 126 valence electrons. The Labute approximate surface area is 131 Å². The number of rotatable bonds is 6. The molecule has 1 aliphatic rings. The third-order valence-electron chi connectivity index (χ3n) is 3.30. The summed E-state index contributed by atoms with van der Waals surface area (Å²) in [5, 5.41) is 18.4. The highest BCUT2D eigenvalue weighted by Crippen LogP contribution is 2.29. The predicted molar refractivity (Wildman–Crippen MR) is 80.1 cm³/mol. The summed E-state index contributed by atoms with van der Waals surface area (Å²) in [6, 6.07) is 1.19. The van der Waals surface area contributed by atoms with Gasteiger partial charge in [0.1, 0.15) is 5.60 Å². The van der Waals surface area contributed by atoms with Crippen LogP contribution in [0.4, 0.5) is 0 Å². The van der Waals surface area contributed by atoms with Crippen molar-refractivity contribution in [1.82, 2.24) is 4.72 Å². The number of hydrogen-bond donors (Lipinski definition) is 2. The van der Waals surface area contributed by atoms with E-state index >= 15 is 0 Å². The van der Waals surface area contributed by atoms with Crippen LogP contribution in [0.2, 0.25) is 0 Å². The molecule has 2 N–H and O–H groups in total. The fraction of sp³-hybridized carbons (Fsp3) is 0.857. The van der Waals surface area contributed by atoms with Crippen molar-refractivity contribution in [2.45, 2.75) is 64.2 Å². The van der Waals surface area contributed by atoms with Crippen molar-refractivity contribution >= 4 is 16.0 Å². The maximum absolute atomic E-state index is 12.0. The standard InChI is InChI=1S/C14H24N2O5S/c1-14(2,3)21-13(18)10-8-11(12(17)9-10)16-22(19,20)7-5-4-6-15/h10-12,16-17H,4-5,7-9H2,1-3H3. The average Bonchev–Trinajstić information content (AvgIpc) is 2.68. The normalized spacial score (nSPS) is 25.7. The van der Waals surface area contributed by atoms with E-state index < -0.39 is 39.7 Å². The van der Waals surface area contributed by atoms with Gasteiger partial charge in [0.2, 0.25) is 10.0 Å². The van der Waals surface area contributed by atoms with E-state index in [0.29, 0.717) is 0 Å². The molecule has 0 aromatic heterocycles. The van der Waals surface area contributed by atoms with E-state index in [4.69, 9.17) is 10.00 Å². The molecule has 0 amide bonds. The summed E-state index contributed by atoms with van der Waals surface area (Å²) in [6.45, 7) is 5.27. The molecule has 0 aliphatic heterocycles. The van der Waals surface area contributed by atoms with Crippen LogP contribution in [0.5, 0.6) is 0 Å². The van der Waals surface area contributed by atoms with E-state index in [2.05, 4.69) is 4.72 Å². The number of sulfonamides is 1. The molecule has 1 aliphatic carbocycles. The Balaban J connectivity index is 2.57. The van der Waals surface area contributed by atoms with E-state index in [1.165, 1.54) is 0 Å². The van der Waals surface area contributed by atoms with Crippen LogP contribution in [0.15, 0.2) is 0 Å². The average molecular weight is 332 g/mol. The fourth-order valence-corrected chi connectivity index (χ4v) is 3.71. The minimum Gasteiger partial charge on any atom is -0.460 e. The zero-order valence-electron chi connectivity index (χ0n) is 13.2. The molecule has 0 bridgehead atoms. The van der Waals surface area contributed by atoms with Gasteiger partial charge in [-0.25, -0.2) is 13.1 Å². The SMILES string of the molecule is CC(C)(C)OC(=O)C1CC(O)C(NS(=O)(=O)CCCC#N)C1. The number of nitrogens with zero attached hydrogens (tertiary/aromatic N) is 1. The van der Waals surface area contributed by atoms with Crippen LogP contribution in [0.25, 0.3) is 0 Å². The smallest absolute Gasteiger partial charge is 0.309 e. The van der Waals surface area contributed by atoms with Crippen LogP contribution in [0, 0.1) is 17.2 Å². The van der Waals surface area contributed by atoms with Gasteiger partial charge in [0.25, 0.3) is 0 Å². The molecule has 1 rings (SSSR count). The van der Waals surface area contributed by atoms with Gasteiger partial charge in [-0.1, -0.05) is 0 Å². The van der Waals surface area contributed by atoms with E-state index in [-0.39, 0.29) is 31.4 Å². The minimum absolute atomic E-state index is 0.161. The highest BCUT2D eigenvalue weighted by molar-refractivity contribution is 7.89. The molecule has 0 aromatic carbocycles. The molecule has 3 unspecified atom stereocenters. The molecule has 3 atom stereocenters. The predicted octanol–water partition coefficient (Wildman–Crippen LogP) is 0.691. The molecule has 0 spiro atoms. The lowest BCUT2D eigenvalue weighted by Crippen LogP contribution is -2.41. The second-order valence-corrected chi connectivity index (χ2v) is 8.45. The number of carbonyl (C=O) groups is 1. The Morgan fingerprint density at radius 1 is 1.41 bits per heavy atom. The van der Waals surface area contributed by atoms with Crippen LogP contribution in [0.1, 0.15) is 46.5 Å². The summed E-state index contributed by atoms with van der Waals surface area (Å²) in [5.74, 6) is -1.10. The summed E-state index contributed by atoms with van der Waals surface area (Å²) < 4.78 is 31.4. The van der Waals surface area contributed by atoms with Crippen molar-refractivity contribution in [3.8, 4) is 6.07 Å². The lowest BCUT2D eigenvalue weighted by Gasteiger charge is -2.22. The van der Waals surface area contributed by atoms with Gasteiger partial charge in [-0.3, -0.25) is 4.79 Å². The third-order valence-corrected chi connectivity index (χ3v) is 4.79. The molecule has 0 saturated heterocycles. The van der Waals surface area contributed by atoms with E-state index in [1.807, 2.05) is 6.07 Å². The van der Waals surface area contributed by atoms with Crippen LogP contribution < -0.4 is 4.72 Å². The second kappa shape index (κ2) is 7.40. The Kier molecular flexibility index (Phi) is 6.35. The number of unbranched alkanes of at least 4 members (excludes halogenated alkanes) is 1. The van der Waals surface area contributed by atoms with E-state index in [1.54, 1.807) is 20.8 Å². The van der Waals surface area contributed by atoms with Gasteiger partial charge in [-0.15, -0.1) is 0 Å². The molecule has 1 saturated carbocycles. The van der Waals surface area contributed by atoms with Crippen molar-refractivity contribution in [1.29, 1.82) is 5.26 Å². The first kappa shape index (κ1) is 18.9. The minimum atomic E-state index is -3.57. The van der Waals surface area contributed by atoms with Gasteiger partial charge in [0.05, 0.1) is 23.8 Å². The Morgan fingerprint density at radius 3 is 2.59 bits per heavy atom. The monoisotopic (exact) mass is 332 g/mol. The molecule has 0 radical (unpaired) electrons. The first-order valence-electron chi connectivity index (χ1n) is 7.32. The summed E-state index contributed by atoms with van der Waals surface area (Å²) in [6.07, 6.45) is -0.115. The number of esters is 1. The Morgan fingerprint density at radius 2 is 2.05 bits per heavy atom. The second-order valence-electron chi connectivity index (χ2n) is 6.57. The first-order chi connectivity index (χ1) is 10.0. The van der Waals surface area contributed by atoms with Gasteiger partial charge in [0, 0.05) is 12.5 Å². The fourth-order valence-electron chi connectivity index (χ4n) is 2.35. The molecule has 7 nitrogen and oxygen atoms in total. The number of nitrogens with one attached hydrogen (secondary N) is 1. The quantitative estimate of drug-likeness (QED) is 0.546. The van der Waals surface area contributed by atoms with Crippen molar-refractivity contribution < 1.29 is 23.1 Å². The molecule has 1 fully saturated rings. The van der Waals surface area contributed by atoms with E-state index in [9.17, 15) is 18.3 Å². The van der Waals surface area contributed by atoms with Gasteiger partial charge < -0.3 is 9.84 Å². The highest BCUT2D eigenvalue weighted by Gasteiger charge is 2.40. The lowest BCUT2D eigenvalue weighted by atomic mass is 10.1.